The van der Waals surface area contributed by atoms with Crippen LogP contribution in [0.2, 0.25) is 0 Å². The maximum absolute atomic E-state index is 11.9. The van der Waals surface area contributed by atoms with Gasteiger partial charge in [0.1, 0.15) is 5.82 Å². The standard InChI is InChI=1S/C19H28N4O/c1-2-9-20-19(24)17-5-6-18(21-14-17)23-12-7-16(8-13-23)15-22-10-3-4-11-22/h2,5-6,14,16H,1,3-4,7-13,15H2,(H,20,24). The van der Waals surface area contributed by atoms with Crippen LogP contribution in [0.4, 0.5) is 5.82 Å². The topological polar surface area (TPSA) is 48.5 Å². The number of likely N-dealkylation sites (tertiary alicyclic amines) is 1. The minimum atomic E-state index is -0.0988. The molecule has 2 aliphatic heterocycles. The summed E-state index contributed by atoms with van der Waals surface area (Å²) in [5.74, 6) is 1.71. The molecular formula is C19H28N4O. The molecule has 0 unspecified atom stereocenters. The number of piperidine rings is 1. The molecule has 0 spiro atoms. The summed E-state index contributed by atoms with van der Waals surface area (Å²) in [6.45, 7) is 10.0. The smallest absolute Gasteiger partial charge is 0.253 e. The predicted molar refractivity (Wildman–Crippen MR) is 97.4 cm³/mol. The van der Waals surface area contributed by atoms with E-state index in [1.165, 1.54) is 45.3 Å². The van der Waals surface area contributed by atoms with Crippen LogP contribution in [0.3, 0.4) is 0 Å². The lowest BCUT2D eigenvalue weighted by molar-refractivity contribution is 0.0957. The molecule has 1 aromatic heterocycles. The van der Waals surface area contributed by atoms with E-state index >= 15 is 0 Å². The quantitative estimate of drug-likeness (QED) is 0.814. The van der Waals surface area contributed by atoms with Gasteiger partial charge in [-0.3, -0.25) is 4.79 Å². The van der Waals surface area contributed by atoms with Crippen molar-refractivity contribution in [3.05, 3.63) is 36.5 Å². The van der Waals surface area contributed by atoms with Crippen molar-refractivity contribution in [3.8, 4) is 0 Å². The monoisotopic (exact) mass is 328 g/mol. The molecule has 1 N–H and O–H groups in total. The highest BCUT2D eigenvalue weighted by molar-refractivity contribution is 5.94. The number of carbonyl (C=O) groups excluding carboxylic acids is 1. The summed E-state index contributed by atoms with van der Waals surface area (Å²) in [5, 5.41) is 2.77. The third kappa shape index (κ3) is 4.35. The van der Waals surface area contributed by atoms with Crippen molar-refractivity contribution in [2.45, 2.75) is 25.7 Å². The summed E-state index contributed by atoms with van der Waals surface area (Å²) in [5.41, 5.74) is 0.601. The van der Waals surface area contributed by atoms with Crippen molar-refractivity contribution in [3.63, 3.8) is 0 Å². The van der Waals surface area contributed by atoms with Gasteiger partial charge in [0.15, 0.2) is 0 Å². The van der Waals surface area contributed by atoms with Gasteiger partial charge >= 0.3 is 0 Å². The van der Waals surface area contributed by atoms with Gasteiger partial charge in [0, 0.05) is 32.4 Å². The number of amides is 1. The number of hydrogen-bond acceptors (Lipinski definition) is 4. The van der Waals surface area contributed by atoms with Gasteiger partial charge in [-0.1, -0.05) is 6.08 Å². The Bertz CT molecular complexity index is 543. The van der Waals surface area contributed by atoms with Gasteiger partial charge in [-0.25, -0.2) is 4.98 Å². The van der Waals surface area contributed by atoms with Crippen LogP contribution in [0.1, 0.15) is 36.0 Å². The highest BCUT2D eigenvalue weighted by Gasteiger charge is 2.23. The molecule has 2 aliphatic rings. The first-order valence-electron chi connectivity index (χ1n) is 9.08. The van der Waals surface area contributed by atoms with Crippen molar-refractivity contribution in [2.75, 3.05) is 44.2 Å². The van der Waals surface area contributed by atoms with Crippen LogP contribution in [-0.4, -0.2) is 55.1 Å². The van der Waals surface area contributed by atoms with E-state index in [1.807, 2.05) is 12.1 Å². The largest absolute Gasteiger partial charge is 0.357 e. The molecule has 130 valence electrons. The first kappa shape index (κ1) is 17.0. The minimum absolute atomic E-state index is 0.0988. The maximum atomic E-state index is 11.9. The molecule has 0 bridgehead atoms. The van der Waals surface area contributed by atoms with Gasteiger partial charge in [0.25, 0.3) is 5.91 Å². The lowest BCUT2D eigenvalue weighted by Crippen LogP contribution is -2.38. The first-order chi connectivity index (χ1) is 11.8. The molecule has 5 nitrogen and oxygen atoms in total. The second kappa shape index (κ2) is 8.29. The van der Waals surface area contributed by atoms with E-state index in [4.69, 9.17) is 0 Å². The number of hydrogen-bond donors (Lipinski definition) is 1. The molecule has 1 aromatic rings. The third-order valence-corrected chi connectivity index (χ3v) is 5.07. The van der Waals surface area contributed by atoms with Crippen LogP contribution in [0, 0.1) is 5.92 Å². The van der Waals surface area contributed by atoms with Gasteiger partial charge < -0.3 is 15.1 Å². The van der Waals surface area contributed by atoms with E-state index in [1.54, 1.807) is 12.3 Å². The summed E-state index contributed by atoms with van der Waals surface area (Å²) in [7, 11) is 0. The molecule has 3 rings (SSSR count). The average Bonchev–Trinajstić information content (AvgIpc) is 3.13. The number of aromatic nitrogens is 1. The van der Waals surface area contributed by atoms with Crippen molar-refractivity contribution in [1.29, 1.82) is 0 Å². The zero-order valence-corrected chi connectivity index (χ0v) is 14.4. The Morgan fingerprint density at radius 2 is 2.00 bits per heavy atom. The number of nitrogens with one attached hydrogen (secondary N) is 1. The molecule has 0 radical (unpaired) electrons. The molecule has 2 fully saturated rings. The first-order valence-corrected chi connectivity index (χ1v) is 9.08. The number of rotatable bonds is 6. The summed E-state index contributed by atoms with van der Waals surface area (Å²) in [4.78, 5) is 21.3. The van der Waals surface area contributed by atoms with E-state index in [9.17, 15) is 4.79 Å². The van der Waals surface area contributed by atoms with Gasteiger partial charge in [-0.2, -0.15) is 0 Å². The second-order valence-corrected chi connectivity index (χ2v) is 6.84. The molecule has 5 heteroatoms. The maximum Gasteiger partial charge on any atom is 0.253 e. The Kier molecular flexibility index (Phi) is 5.86. The number of carbonyl (C=O) groups is 1. The fourth-order valence-corrected chi connectivity index (χ4v) is 3.65. The van der Waals surface area contributed by atoms with E-state index in [0.29, 0.717) is 12.1 Å². The number of pyridine rings is 1. The lowest BCUT2D eigenvalue weighted by atomic mass is 9.96. The fraction of sp³-hybridized carbons (Fsp3) is 0.579. The molecule has 0 aliphatic carbocycles. The Morgan fingerprint density at radius 1 is 1.25 bits per heavy atom. The van der Waals surface area contributed by atoms with Crippen LogP contribution in [-0.2, 0) is 0 Å². The van der Waals surface area contributed by atoms with Crippen molar-refractivity contribution < 1.29 is 4.79 Å². The van der Waals surface area contributed by atoms with Crippen LogP contribution in [0.5, 0.6) is 0 Å². The van der Waals surface area contributed by atoms with E-state index < -0.39 is 0 Å². The minimum Gasteiger partial charge on any atom is -0.357 e. The molecule has 1 amide bonds. The van der Waals surface area contributed by atoms with E-state index in [0.717, 1.165) is 24.8 Å². The SMILES string of the molecule is C=CCNC(=O)c1ccc(N2CCC(CN3CCCC3)CC2)nc1. The van der Waals surface area contributed by atoms with Crippen molar-refractivity contribution in [2.24, 2.45) is 5.92 Å². The van der Waals surface area contributed by atoms with Crippen molar-refractivity contribution >= 4 is 11.7 Å². The Morgan fingerprint density at radius 3 is 2.62 bits per heavy atom. The van der Waals surface area contributed by atoms with Gasteiger partial charge in [0.2, 0.25) is 0 Å². The molecule has 24 heavy (non-hydrogen) atoms. The lowest BCUT2D eigenvalue weighted by Gasteiger charge is -2.34. The van der Waals surface area contributed by atoms with E-state index in [2.05, 4.69) is 26.7 Å². The summed E-state index contributed by atoms with van der Waals surface area (Å²) in [6.07, 6.45) is 8.56. The van der Waals surface area contributed by atoms with Crippen LogP contribution in [0.25, 0.3) is 0 Å². The molecule has 3 heterocycles. The zero-order valence-electron chi connectivity index (χ0n) is 14.4. The molecule has 0 aromatic carbocycles. The Balaban J connectivity index is 1.48. The highest BCUT2D eigenvalue weighted by atomic mass is 16.1. The van der Waals surface area contributed by atoms with Crippen LogP contribution >= 0.6 is 0 Å². The molecule has 0 atom stereocenters. The van der Waals surface area contributed by atoms with Gasteiger partial charge in [-0.15, -0.1) is 6.58 Å². The Hall–Kier alpha value is -1.88. The van der Waals surface area contributed by atoms with Crippen LogP contribution < -0.4 is 10.2 Å². The summed E-state index contributed by atoms with van der Waals surface area (Å²) >= 11 is 0. The summed E-state index contributed by atoms with van der Waals surface area (Å²) in [6, 6.07) is 3.82. The van der Waals surface area contributed by atoms with Gasteiger partial charge in [0.05, 0.1) is 5.56 Å². The van der Waals surface area contributed by atoms with E-state index in [-0.39, 0.29) is 5.91 Å². The average molecular weight is 328 g/mol. The normalized spacial score (nSPS) is 19.4. The number of anilines is 1. The summed E-state index contributed by atoms with van der Waals surface area (Å²) < 4.78 is 0. The predicted octanol–water partition coefficient (Wildman–Crippen LogP) is 2.31. The van der Waals surface area contributed by atoms with Crippen molar-refractivity contribution in [1.82, 2.24) is 15.2 Å². The molecule has 2 saturated heterocycles. The second-order valence-electron chi connectivity index (χ2n) is 6.84. The van der Waals surface area contributed by atoms with Crippen LogP contribution in [0.15, 0.2) is 31.0 Å². The van der Waals surface area contributed by atoms with Gasteiger partial charge in [-0.05, 0) is 56.8 Å². The Labute approximate surface area is 144 Å². The zero-order chi connectivity index (χ0) is 16.8. The fourth-order valence-electron chi connectivity index (χ4n) is 3.65. The number of nitrogens with zero attached hydrogens (tertiary/aromatic N) is 3. The molecule has 0 saturated carbocycles. The highest BCUT2D eigenvalue weighted by Crippen LogP contribution is 2.23. The molecular weight excluding hydrogens is 300 g/mol. The third-order valence-electron chi connectivity index (χ3n) is 5.07.